The predicted molar refractivity (Wildman–Crippen MR) is 87.5 cm³/mol. The molecule has 2 unspecified atom stereocenters. The Morgan fingerprint density at radius 3 is 2.62 bits per heavy atom. The molecule has 0 aromatic heterocycles. The van der Waals surface area contributed by atoms with E-state index in [9.17, 15) is 5.11 Å². The van der Waals surface area contributed by atoms with E-state index in [1.165, 1.54) is 12.8 Å². The molecule has 0 amide bonds. The first-order valence-corrected chi connectivity index (χ1v) is 8.49. The lowest BCUT2D eigenvalue weighted by molar-refractivity contribution is -0.0244. The Balaban J connectivity index is 2.04. The van der Waals surface area contributed by atoms with Crippen molar-refractivity contribution in [3.63, 3.8) is 0 Å². The molecule has 0 saturated heterocycles. The highest BCUT2D eigenvalue weighted by Gasteiger charge is 2.35. The predicted octanol–water partition coefficient (Wildman–Crippen LogP) is 4.90. The number of aliphatic hydroxyl groups is 1. The molecule has 1 aliphatic rings. The molecule has 0 heterocycles. The quantitative estimate of drug-likeness (QED) is 0.807. The van der Waals surface area contributed by atoms with E-state index in [0.717, 1.165) is 43.6 Å². The molecular weight excluding hydrogens is 260 g/mol. The van der Waals surface area contributed by atoms with Crippen molar-refractivity contribution in [1.29, 1.82) is 0 Å². The molecule has 0 radical (unpaired) electrons. The van der Waals surface area contributed by atoms with Crippen LogP contribution in [0, 0.1) is 11.8 Å². The summed E-state index contributed by atoms with van der Waals surface area (Å²) in [7, 11) is 0. The van der Waals surface area contributed by atoms with Crippen molar-refractivity contribution in [2.45, 2.75) is 64.9 Å². The van der Waals surface area contributed by atoms with Gasteiger partial charge < -0.3 is 9.84 Å². The summed E-state index contributed by atoms with van der Waals surface area (Å²) >= 11 is 0. The summed E-state index contributed by atoms with van der Waals surface area (Å²) in [5.74, 6) is 2.26. The third kappa shape index (κ3) is 4.47. The van der Waals surface area contributed by atoms with Crippen LogP contribution in [0.2, 0.25) is 0 Å². The zero-order valence-electron chi connectivity index (χ0n) is 13.8. The first kappa shape index (κ1) is 16.4. The van der Waals surface area contributed by atoms with E-state index in [4.69, 9.17) is 4.74 Å². The van der Waals surface area contributed by atoms with Crippen molar-refractivity contribution >= 4 is 0 Å². The van der Waals surface area contributed by atoms with Crippen LogP contribution >= 0.6 is 0 Å². The highest BCUT2D eigenvalue weighted by atomic mass is 16.5. The average Bonchev–Trinajstić information content (AvgIpc) is 2.45. The summed E-state index contributed by atoms with van der Waals surface area (Å²) in [6.07, 6.45) is 6.42. The average molecular weight is 290 g/mol. The van der Waals surface area contributed by atoms with E-state index < -0.39 is 5.60 Å². The van der Waals surface area contributed by atoms with Gasteiger partial charge in [0, 0.05) is 0 Å². The van der Waals surface area contributed by atoms with Gasteiger partial charge in [-0.1, -0.05) is 39.3 Å². The summed E-state index contributed by atoms with van der Waals surface area (Å²) < 4.78 is 5.62. The van der Waals surface area contributed by atoms with E-state index >= 15 is 0 Å². The third-order valence-corrected chi connectivity index (χ3v) is 4.50. The zero-order valence-corrected chi connectivity index (χ0v) is 13.8. The minimum atomic E-state index is -0.638. The van der Waals surface area contributed by atoms with Crippen molar-refractivity contribution in [3.05, 3.63) is 29.8 Å². The van der Waals surface area contributed by atoms with Crippen LogP contribution in [0.4, 0.5) is 0 Å². The molecule has 21 heavy (non-hydrogen) atoms. The minimum Gasteiger partial charge on any atom is -0.494 e. The maximum atomic E-state index is 11.1. The molecule has 0 spiro atoms. The van der Waals surface area contributed by atoms with Gasteiger partial charge in [0.15, 0.2) is 0 Å². The first-order valence-electron chi connectivity index (χ1n) is 8.49. The second-order valence-corrected chi connectivity index (χ2v) is 7.00. The summed E-state index contributed by atoms with van der Waals surface area (Å²) in [4.78, 5) is 0. The Morgan fingerprint density at radius 2 is 2.00 bits per heavy atom. The van der Waals surface area contributed by atoms with Gasteiger partial charge in [0.05, 0.1) is 12.2 Å². The van der Waals surface area contributed by atoms with Crippen molar-refractivity contribution in [3.8, 4) is 5.75 Å². The molecule has 1 aromatic carbocycles. The molecule has 2 heteroatoms. The molecule has 2 atom stereocenters. The molecule has 1 saturated carbocycles. The largest absolute Gasteiger partial charge is 0.494 e. The van der Waals surface area contributed by atoms with Gasteiger partial charge in [-0.3, -0.25) is 0 Å². The van der Waals surface area contributed by atoms with E-state index in [1.807, 2.05) is 24.3 Å². The molecule has 2 nitrogen and oxygen atoms in total. The summed E-state index contributed by atoms with van der Waals surface area (Å²) in [6, 6.07) is 8.08. The van der Waals surface area contributed by atoms with Gasteiger partial charge in [0.25, 0.3) is 0 Å². The Labute approximate surface area is 129 Å². The minimum absolute atomic E-state index is 0.638. The summed E-state index contributed by atoms with van der Waals surface area (Å²) in [6.45, 7) is 7.40. The van der Waals surface area contributed by atoms with E-state index in [-0.39, 0.29) is 0 Å². The highest BCUT2D eigenvalue weighted by molar-refractivity contribution is 5.31. The maximum absolute atomic E-state index is 11.1. The van der Waals surface area contributed by atoms with Gasteiger partial charge in [-0.15, -0.1) is 0 Å². The Bertz CT molecular complexity index is 424. The number of rotatable bonds is 6. The SMILES string of the molecule is CCCOc1ccc(C2(O)CCCC(CC(C)C)C2)cc1. The topological polar surface area (TPSA) is 29.5 Å². The second kappa shape index (κ2) is 7.31. The van der Waals surface area contributed by atoms with E-state index in [1.54, 1.807) is 0 Å². The van der Waals surface area contributed by atoms with Crippen LogP contribution in [0.15, 0.2) is 24.3 Å². The van der Waals surface area contributed by atoms with Gasteiger partial charge in [0.1, 0.15) is 5.75 Å². The number of benzene rings is 1. The van der Waals surface area contributed by atoms with Crippen LogP contribution in [0.3, 0.4) is 0 Å². The second-order valence-electron chi connectivity index (χ2n) is 7.00. The smallest absolute Gasteiger partial charge is 0.119 e. The lowest BCUT2D eigenvalue weighted by Gasteiger charge is -2.38. The molecule has 0 bridgehead atoms. The lowest BCUT2D eigenvalue weighted by Crippen LogP contribution is -2.33. The molecule has 2 rings (SSSR count). The van der Waals surface area contributed by atoms with Gasteiger partial charge in [0.2, 0.25) is 0 Å². The molecule has 1 aliphatic carbocycles. The van der Waals surface area contributed by atoms with Gasteiger partial charge >= 0.3 is 0 Å². The number of ether oxygens (including phenoxy) is 1. The number of hydrogen-bond donors (Lipinski definition) is 1. The Morgan fingerprint density at radius 1 is 1.29 bits per heavy atom. The fourth-order valence-corrected chi connectivity index (χ4v) is 3.58. The van der Waals surface area contributed by atoms with Crippen LogP contribution in [0.25, 0.3) is 0 Å². The molecule has 1 N–H and O–H groups in total. The van der Waals surface area contributed by atoms with Crippen LogP contribution in [-0.2, 0) is 5.60 Å². The molecule has 0 aliphatic heterocycles. The van der Waals surface area contributed by atoms with Crippen molar-refractivity contribution in [2.24, 2.45) is 11.8 Å². The molecule has 1 aromatic rings. The van der Waals surface area contributed by atoms with Crippen molar-refractivity contribution in [2.75, 3.05) is 6.61 Å². The fourth-order valence-electron chi connectivity index (χ4n) is 3.58. The maximum Gasteiger partial charge on any atom is 0.119 e. The Hall–Kier alpha value is -1.02. The lowest BCUT2D eigenvalue weighted by atomic mass is 9.72. The zero-order chi connectivity index (χ0) is 15.3. The summed E-state index contributed by atoms with van der Waals surface area (Å²) in [5.41, 5.74) is 0.418. The van der Waals surface area contributed by atoms with Gasteiger partial charge in [-0.05, 0) is 61.6 Å². The highest BCUT2D eigenvalue weighted by Crippen LogP contribution is 2.42. The van der Waals surface area contributed by atoms with Crippen LogP contribution in [-0.4, -0.2) is 11.7 Å². The third-order valence-electron chi connectivity index (χ3n) is 4.50. The molecule has 1 fully saturated rings. The van der Waals surface area contributed by atoms with Crippen LogP contribution < -0.4 is 4.74 Å². The molecular formula is C19H30O2. The Kier molecular flexibility index (Phi) is 5.69. The van der Waals surface area contributed by atoms with Crippen molar-refractivity contribution < 1.29 is 9.84 Å². The van der Waals surface area contributed by atoms with Crippen LogP contribution in [0.5, 0.6) is 5.75 Å². The fraction of sp³-hybridized carbons (Fsp3) is 0.684. The first-order chi connectivity index (χ1) is 10.0. The number of hydrogen-bond acceptors (Lipinski definition) is 2. The van der Waals surface area contributed by atoms with Gasteiger partial charge in [-0.2, -0.15) is 0 Å². The summed E-state index contributed by atoms with van der Waals surface area (Å²) in [5, 5.41) is 11.1. The standard InChI is InChI=1S/C19H30O2/c1-4-12-21-18-9-7-17(8-10-18)19(20)11-5-6-16(14-19)13-15(2)3/h7-10,15-16,20H,4-6,11-14H2,1-3H3. The van der Waals surface area contributed by atoms with E-state index in [0.29, 0.717) is 11.8 Å². The van der Waals surface area contributed by atoms with Gasteiger partial charge in [-0.25, -0.2) is 0 Å². The van der Waals surface area contributed by atoms with Crippen molar-refractivity contribution in [1.82, 2.24) is 0 Å². The normalized spacial score (nSPS) is 26.0. The molecule has 118 valence electrons. The van der Waals surface area contributed by atoms with E-state index in [2.05, 4.69) is 20.8 Å². The van der Waals surface area contributed by atoms with Crippen LogP contribution in [0.1, 0.15) is 64.9 Å². The monoisotopic (exact) mass is 290 g/mol.